The van der Waals surface area contributed by atoms with Gasteiger partial charge in [0.15, 0.2) is 0 Å². The van der Waals surface area contributed by atoms with Crippen LogP contribution in [0.2, 0.25) is 0 Å². The fourth-order valence-electron chi connectivity index (χ4n) is 0.687. The third-order valence-electron chi connectivity index (χ3n) is 1.24. The van der Waals surface area contributed by atoms with Crippen molar-refractivity contribution in [2.24, 2.45) is 12.9 Å². The van der Waals surface area contributed by atoms with Crippen LogP contribution in [0.3, 0.4) is 0 Å². The molecular formula is C5H10N5S+. The number of nitrogens with one attached hydrogen (secondary N) is 3. The Morgan fingerprint density at radius 3 is 3.00 bits per heavy atom. The summed E-state index contributed by atoms with van der Waals surface area (Å²) in [6.07, 6.45) is 1.79. The predicted octanol–water partition coefficient (Wildman–Crippen LogP) is -1.00. The second-order valence-corrected chi connectivity index (χ2v) is 2.41. The molecule has 11 heavy (non-hydrogen) atoms. The summed E-state index contributed by atoms with van der Waals surface area (Å²) in [4.78, 5) is 0. The Labute approximate surface area is 69.5 Å². The van der Waals surface area contributed by atoms with Crippen molar-refractivity contribution >= 4 is 23.1 Å². The summed E-state index contributed by atoms with van der Waals surface area (Å²) in [5.41, 5.74) is 2.32. The normalized spacial score (nSPS) is 9.27. The van der Waals surface area contributed by atoms with Gasteiger partial charge in [0.1, 0.15) is 7.05 Å². The number of aromatic nitrogens is 2. The van der Waals surface area contributed by atoms with Crippen molar-refractivity contribution in [1.82, 2.24) is 10.5 Å². The molecule has 0 spiro atoms. The van der Waals surface area contributed by atoms with E-state index >= 15 is 0 Å². The van der Waals surface area contributed by atoms with E-state index in [0.717, 1.165) is 5.82 Å². The van der Waals surface area contributed by atoms with Crippen LogP contribution >= 0.6 is 12.2 Å². The highest BCUT2D eigenvalue weighted by atomic mass is 32.1. The van der Waals surface area contributed by atoms with E-state index in [1.165, 1.54) is 0 Å². The molecule has 0 bridgehead atoms. The molecule has 6 heteroatoms. The Hall–Kier alpha value is -1.14. The summed E-state index contributed by atoms with van der Waals surface area (Å²) in [5.74, 6) is 5.92. The van der Waals surface area contributed by atoms with Crippen molar-refractivity contribution < 1.29 is 4.68 Å². The molecule has 0 amide bonds. The van der Waals surface area contributed by atoms with Gasteiger partial charge >= 0.3 is 5.82 Å². The lowest BCUT2D eigenvalue weighted by Crippen LogP contribution is -2.40. The van der Waals surface area contributed by atoms with E-state index in [-0.39, 0.29) is 0 Å². The van der Waals surface area contributed by atoms with Crippen molar-refractivity contribution in [3.8, 4) is 0 Å². The van der Waals surface area contributed by atoms with Crippen LogP contribution in [0.1, 0.15) is 0 Å². The Kier molecular flexibility index (Phi) is 2.40. The lowest BCUT2D eigenvalue weighted by atomic mass is 10.6. The van der Waals surface area contributed by atoms with E-state index in [4.69, 9.17) is 18.1 Å². The molecule has 0 aliphatic carbocycles. The number of hydrazine groups is 1. The van der Waals surface area contributed by atoms with Gasteiger partial charge in [0.05, 0.1) is 0 Å². The molecule has 1 aromatic heterocycles. The molecule has 0 radical (unpaired) electrons. The molecule has 0 aliphatic heterocycles. The number of aromatic amines is 1. The number of nitrogens with zero attached hydrogens (tertiary/aromatic N) is 1. The van der Waals surface area contributed by atoms with E-state index in [9.17, 15) is 0 Å². The monoisotopic (exact) mass is 172 g/mol. The zero-order chi connectivity index (χ0) is 8.27. The van der Waals surface area contributed by atoms with Crippen molar-refractivity contribution in [3.63, 3.8) is 0 Å². The highest BCUT2D eigenvalue weighted by Crippen LogP contribution is 1.94. The second-order valence-electron chi connectivity index (χ2n) is 2.01. The molecule has 0 unspecified atom stereocenters. The first kappa shape index (κ1) is 7.96. The number of rotatable bonds is 1. The largest absolute Gasteiger partial charge is 0.301 e. The van der Waals surface area contributed by atoms with Gasteiger partial charge in [-0.3, -0.25) is 5.43 Å². The van der Waals surface area contributed by atoms with Crippen molar-refractivity contribution in [2.75, 3.05) is 5.32 Å². The molecule has 0 saturated heterocycles. The summed E-state index contributed by atoms with van der Waals surface area (Å²) < 4.78 is 1.78. The van der Waals surface area contributed by atoms with E-state index in [2.05, 4.69) is 15.8 Å². The minimum Gasteiger partial charge on any atom is -0.281 e. The van der Waals surface area contributed by atoms with Gasteiger partial charge in [0.2, 0.25) is 0 Å². The van der Waals surface area contributed by atoms with Crippen LogP contribution in [0.15, 0.2) is 12.3 Å². The first-order chi connectivity index (χ1) is 5.24. The minimum absolute atomic E-state index is 0.389. The van der Waals surface area contributed by atoms with Gasteiger partial charge in [-0.05, 0) is 12.2 Å². The summed E-state index contributed by atoms with van der Waals surface area (Å²) in [6.45, 7) is 0. The molecule has 60 valence electrons. The molecule has 5 nitrogen and oxygen atoms in total. The second kappa shape index (κ2) is 3.31. The van der Waals surface area contributed by atoms with Crippen LogP contribution in [-0.4, -0.2) is 10.2 Å². The average molecular weight is 172 g/mol. The zero-order valence-electron chi connectivity index (χ0n) is 6.09. The van der Waals surface area contributed by atoms with Crippen LogP contribution in [0.25, 0.3) is 0 Å². The number of hydrogen-bond acceptors (Lipinski definition) is 2. The Morgan fingerprint density at radius 2 is 2.55 bits per heavy atom. The van der Waals surface area contributed by atoms with E-state index in [1.807, 2.05) is 13.1 Å². The van der Waals surface area contributed by atoms with Crippen LogP contribution in [0, 0.1) is 0 Å². The van der Waals surface area contributed by atoms with Gasteiger partial charge in [-0.15, -0.1) is 0 Å². The van der Waals surface area contributed by atoms with Gasteiger partial charge in [-0.25, -0.2) is 16.3 Å². The maximum atomic E-state index is 5.07. The van der Waals surface area contributed by atoms with Crippen LogP contribution in [0.4, 0.5) is 5.82 Å². The summed E-state index contributed by atoms with van der Waals surface area (Å²) in [6, 6.07) is 1.85. The third-order valence-corrected chi connectivity index (χ3v) is 1.46. The van der Waals surface area contributed by atoms with E-state index < -0.39 is 0 Å². The molecule has 1 rings (SSSR count). The van der Waals surface area contributed by atoms with Gasteiger partial charge in [-0.1, -0.05) is 0 Å². The molecule has 0 fully saturated rings. The number of thiocarbonyl (C=S) groups is 1. The van der Waals surface area contributed by atoms with Gasteiger partial charge in [0.25, 0.3) is 5.11 Å². The highest BCUT2D eigenvalue weighted by Gasteiger charge is 2.07. The average Bonchev–Trinajstić information content (AvgIpc) is 2.37. The lowest BCUT2D eigenvalue weighted by Gasteiger charge is -1.96. The smallest absolute Gasteiger partial charge is 0.281 e. The maximum Gasteiger partial charge on any atom is 0.301 e. The number of hydrogen-bond donors (Lipinski definition) is 4. The van der Waals surface area contributed by atoms with Gasteiger partial charge in [-0.2, -0.15) is 4.68 Å². The Morgan fingerprint density at radius 1 is 1.82 bits per heavy atom. The standard InChI is InChI=1S/C5H9N5S/c1-10-4(2-3-7-10)8-5(11)9-6/h2-3H,6H2,1H3,(H2,7,8,9,11)/p+1. The van der Waals surface area contributed by atoms with Gasteiger partial charge < -0.3 is 0 Å². The predicted molar refractivity (Wildman–Crippen MR) is 45.5 cm³/mol. The number of H-pyrrole nitrogens is 1. The van der Waals surface area contributed by atoms with Crippen molar-refractivity contribution in [1.29, 1.82) is 0 Å². The number of anilines is 1. The first-order valence-electron chi connectivity index (χ1n) is 3.05. The van der Waals surface area contributed by atoms with Crippen LogP contribution in [-0.2, 0) is 7.05 Å². The first-order valence-corrected chi connectivity index (χ1v) is 3.46. The maximum absolute atomic E-state index is 5.07. The fourth-order valence-corrected chi connectivity index (χ4v) is 0.792. The van der Waals surface area contributed by atoms with Crippen molar-refractivity contribution in [3.05, 3.63) is 12.3 Å². The van der Waals surface area contributed by atoms with Crippen LogP contribution < -0.4 is 21.3 Å². The molecular weight excluding hydrogens is 162 g/mol. The lowest BCUT2D eigenvalue weighted by molar-refractivity contribution is -0.713. The molecule has 1 aromatic rings. The molecule has 0 saturated carbocycles. The Bertz CT molecular complexity index is 255. The van der Waals surface area contributed by atoms with E-state index in [1.54, 1.807) is 10.9 Å². The molecule has 0 aromatic carbocycles. The molecule has 1 heterocycles. The molecule has 5 N–H and O–H groups in total. The summed E-state index contributed by atoms with van der Waals surface area (Å²) >= 11 is 4.79. The molecule has 0 atom stereocenters. The minimum atomic E-state index is 0.389. The highest BCUT2D eigenvalue weighted by molar-refractivity contribution is 7.80. The zero-order valence-corrected chi connectivity index (χ0v) is 6.90. The van der Waals surface area contributed by atoms with Crippen LogP contribution in [0.5, 0.6) is 0 Å². The molecule has 0 aliphatic rings. The SMILES string of the molecule is C[n+]1[nH]ccc1NC(=S)NN. The number of nitrogens with two attached hydrogens (primary N) is 1. The van der Waals surface area contributed by atoms with Gasteiger partial charge in [0, 0.05) is 12.3 Å². The van der Waals surface area contributed by atoms with Crippen molar-refractivity contribution in [2.45, 2.75) is 0 Å². The topological polar surface area (TPSA) is 69.8 Å². The third kappa shape index (κ3) is 1.89. The van der Waals surface area contributed by atoms with E-state index in [0.29, 0.717) is 5.11 Å². The summed E-state index contributed by atoms with van der Waals surface area (Å²) in [5, 5.41) is 6.18. The quantitative estimate of drug-likeness (QED) is 0.190. The summed E-state index contributed by atoms with van der Waals surface area (Å²) in [7, 11) is 1.86. The number of aryl methyl sites for hydroxylation is 1. The fraction of sp³-hybridized carbons (Fsp3) is 0.200. The Balaban J connectivity index is 2.64.